The molecule has 3 nitrogen and oxygen atoms in total. The number of rotatable bonds is 4. The number of amides is 1. The first-order valence-corrected chi connectivity index (χ1v) is 7.34. The summed E-state index contributed by atoms with van der Waals surface area (Å²) in [5, 5.41) is 3.82. The van der Waals surface area contributed by atoms with Crippen LogP contribution in [0.2, 0.25) is 10.0 Å². The summed E-state index contributed by atoms with van der Waals surface area (Å²) in [6.45, 7) is 1.90. The lowest BCUT2D eigenvalue weighted by atomic mass is 10.2. The quantitative estimate of drug-likeness (QED) is 0.801. The summed E-state index contributed by atoms with van der Waals surface area (Å²) in [5.74, 6) is 0.299. The molecule has 22 heavy (non-hydrogen) atoms. The van der Waals surface area contributed by atoms with Crippen molar-refractivity contribution in [3.63, 3.8) is 0 Å². The van der Waals surface area contributed by atoms with E-state index in [1.165, 1.54) is 6.08 Å². The van der Waals surface area contributed by atoms with E-state index in [-0.39, 0.29) is 5.91 Å². The van der Waals surface area contributed by atoms with Gasteiger partial charge < -0.3 is 10.1 Å². The van der Waals surface area contributed by atoms with Gasteiger partial charge in [-0.2, -0.15) is 0 Å². The Morgan fingerprint density at radius 3 is 2.68 bits per heavy atom. The molecule has 2 rings (SSSR count). The van der Waals surface area contributed by atoms with Gasteiger partial charge in [-0.05, 0) is 42.3 Å². The van der Waals surface area contributed by atoms with Crippen molar-refractivity contribution in [2.45, 2.75) is 6.92 Å². The lowest BCUT2D eigenvalue weighted by molar-refractivity contribution is -0.111. The Balaban J connectivity index is 2.10. The highest BCUT2D eigenvalue weighted by Gasteiger charge is 2.05. The zero-order valence-electron chi connectivity index (χ0n) is 12.2. The van der Waals surface area contributed by atoms with Crippen LogP contribution in [0.4, 0.5) is 5.69 Å². The standard InChI is InChI=1S/C17H15Cl2NO2/c1-11-6-8-13(10-14(11)18)20-16(21)9-7-12-4-3-5-15(22-2)17(12)19/h3-10H,1-2H3,(H,20,21)/b9-7+. The molecule has 0 aliphatic carbocycles. The minimum absolute atomic E-state index is 0.265. The number of anilines is 1. The van der Waals surface area contributed by atoms with Crippen molar-refractivity contribution in [3.05, 3.63) is 63.6 Å². The van der Waals surface area contributed by atoms with Gasteiger partial charge in [0.1, 0.15) is 5.75 Å². The number of halogens is 2. The second-order valence-electron chi connectivity index (χ2n) is 4.65. The topological polar surface area (TPSA) is 38.3 Å². The molecular formula is C17H15Cl2NO2. The molecule has 5 heteroatoms. The summed E-state index contributed by atoms with van der Waals surface area (Å²) in [7, 11) is 1.54. The molecule has 0 heterocycles. The average molecular weight is 336 g/mol. The molecule has 1 N–H and O–H groups in total. The summed E-state index contributed by atoms with van der Waals surface area (Å²) < 4.78 is 5.13. The fourth-order valence-corrected chi connectivity index (χ4v) is 2.28. The summed E-state index contributed by atoms with van der Waals surface area (Å²) in [5.41, 5.74) is 2.30. The number of methoxy groups -OCH3 is 1. The molecule has 2 aromatic carbocycles. The van der Waals surface area contributed by atoms with Crippen molar-refractivity contribution < 1.29 is 9.53 Å². The van der Waals surface area contributed by atoms with Gasteiger partial charge in [-0.1, -0.05) is 41.4 Å². The second kappa shape index (κ2) is 7.34. The van der Waals surface area contributed by atoms with Crippen molar-refractivity contribution in [1.82, 2.24) is 0 Å². The highest BCUT2D eigenvalue weighted by Crippen LogP contribution is 2.28. The number of carbonyl (C=O) groups is 1. The number of aryl methyl sites for hydroxylation is 1. The van der Waals surface area contributed by atoms with Gasteiger partial charge in [-0.25, -0.2) is 0 Å². The number of benzene rings is 2. The van der Waals surface area contributed by atoms with Crippen molar-refractivity contribution in [2.24, 2.45) is 0 Å². The first-order chi connectivity index (χ1) is 10.5. The Morgan fingerprint density at radius 2 is 2.00 bits per heavy atom. The summed E-state index contributed by atoms with van der Waals surface area (Å²) in [6, 6.07) is 10.7. The molecular weight excluding hydrogens is 321 g/mol. The first-order valence-electron chi connectivity index (χ1n) is 6.59. The van der Waals surface area contributed by atoms with Gasteiger partial charge in [-0.3, -0.25) is 4.79 Å². The third-order valence-electron chi connectivity index (χ3n) is 3.07. The van der Waals surface area contributed by atoms with Crippen molar-refractivity contribution in [2.75, 3.05) is 12.4 Å². The molecule has 2 aromatic rings. The molecule has 0 saturated carbocycles. The maximum Gasteiger partial charge on any atom is 0.248 e. The van der Waals surface area contributed by atoms with Gasteiger partial charge in [0.05, 0.1) is 12.1 Å². The third kappa shape index (κ3) is 4.03. The van der Waals surface area contributed by atoms with E-state index < -0.39 is 0 Å². The van der Waals surface area contributed by atoms with E-state index in [0.717, 1.165) is 5.56 Å². The number of ether oxygens (including phenoxy) is 1. The largest absolute Gasteiger partial charge is 0.495 e. The molecule has 0 aliphatic heterocycles. The molecule has 0 radical (unpaired) electrons. The van der Waals surface area contributed by atoms with E-state index in [1.807, 2.05) is 19.1 Å². The molecule has 0 aliphatic rings. The highest BCUT2D eigenvalue weighted by atomic mass is 35.5. The van der Waals surface area contributed by atoms with Crippen LogP contribution in [-0.2, 0) is 4.79 Å². The minimum Gasteiger partial charge on any atom is -0.495 e. The highest BCUT2D eigenvalue weighted by molar-refractivity contribution is 6.33. The molecule has 0 spiro atoms. The molecule has 0 bridgehead atoms. The fourth-order valence-electron chi connectivity index (χ4n) is 1.83. The van der Waals surface area contributed by atoms with E-state index in [2.05, 4.69) is 5.32 Å². The average Bonchev–Trinajstić information content (AvgIpc) is 2.50. The first kappa shape index (κ1) is 16.4. The maximum absolute atomic E-state index is 11.9. The molecule has 1 amide bonds. The lowest BCUT2D eigenvalue weighted by Gasteiger charge is -2.06. The summed E-state index contributed by atoms with van der Waals surface area (Å²) in [6.07, 6.45) is 3.05. The van der Waals surface area contributed by atoms with Gasteiger partial charge in [0.2, 0.25) is 5.91 Å². The predicted octanol–water partition coefficient (Wildman–Crippen LogP) is 4.96. The van der Waals surface area contributed by atoms with E-state index in [9.17, 15) is 4.79 Å². The second-order valence-corrected chi connectivity index (χ2v) is 5.44. The number of carbonyl (C=O) groups excluding carboxylic acids is 1. The van der Waals surface area contributed by atoms with Gasteiger partial charge in [-0.15, -0.1) is 0 Å². The Bertz CT molecular complexity index is 727. The zero-order chi connectivity index (χ0) is 16.1. The Hall–Kier alpha value is -1.97. The molecule has 0 aromatic heterocycles. The number of hydrogen-bond acceptors (Lipinski definition) is 2. The molecule has 0 fully saturated rings. The van der Waals surface area contributed by atoms with Crippen LogP contribution in [0.3, 0.4) is 0 Å². The summed E-state index contributed by atoms with van der Waals surface area (Å²) >= 11 is 12.2. The molecule has 0 saturated heterocycles. The van der Waals surface area contributed by atoms with E-state index >= 15 is 0 Å². The zero-order valence-corrected chi connectivity index (χ0v) is 13.7. The van der Waals surface area contributed by atoms with Gasteiger partial charge >= 0.3 is 0 Å². The normalized spacial score (nSPS) is 10.7. The van der Waals surface area contributed by atoms with Crippen LogP contribution in [0, 0.1) is 6.92 Å². The van der Waals surface area contributed by atoms with Crippen LogP contribution in [0.1, 0.15) is 11.1 Å². The van der Waals surface area contributed by atoms with E-state index in [0.29, 0.717) is 27.0 Å². The van der Waals surface area contributed by atoms with Crippen molar-refractivity contribution in [1.29, 1.82) is 0 Å². The minimum atomic E-state index is -0.265. The Morgan fingerprint density at radius 1 is 1.23 bits per heavy atom. The van der Waals surface area contributed by atoms with Crippen LogP contribution in [-0.4, -0.2) is 13.0 Å². The van der Waals surface area contributed by atoms with Crippen molar-refractivity contribution >= 4 is 40.9 Å². The Kier molecular flexibility index (Phi) is 5.47. The van der Waals surface area contributed by atoms with Crippen molar-refractivity contribution in [3.8, 4) is 5.75 Å². The van der Waals surface area contributed by atoms with Gasteiger partial charge in [0.25, 0.3) is 0 Å². The lowest BCUT2D eigenvalue weighted by Crippen LogP contribution is -2.07. The monoisotopic (exact) mass is 335 g/mol. The van der Waals surface area contributed by atoms with Crippen LogP contribution < -0.4 is 10.1 Å². The Labute approximate surface area is 139 Å². The van der Waals surface area contributed by atoms with Crippen LogP contribution in [0.25, 0.3) is 6.08 Å². The van der Waals surface area contributed by atoms with E-state index in [1.54, 1.807) is 37.5 Å². The summed E-state index contributed by atoms with van der Waals surface area (Å²) in [4.78, 5) is 11.9. The molecule has 0 unspecified atom stereocenters. The fraction of sp³-hybridized carbons (Fsp3) is 0.118. The smallest absolute Gasteiger partial charge is 0.248 e. The number of nitrogens with one attached hydrogen (secondary N) is 1. The molecule has 114 valence electrons. The van der Waals surface area contributed by atoms with Gasteiger partial charge in [0.15, 0.2) is 0 Å². The maximum atomic E-state index is 11.9. The van der Waals surface area contributed by atoms with Crippen LogP contribution >= 0.6 is 23.2 Å². The SMILES string of the molecule is COc1cccc(/C=C/C(=O)Nc2ccc(C)c(Cl)c2)c1Cl. The third-order valence-corrected chi connectivity index (χ3v) is 3.88. The van der Waals surface area contributed by atoms with E-state index in [4.69, 9.17) is 27.9 Å². The van der Waals surface area contributed by atoms with Crippen LogP contribution in [0.5, 0.6) is 5.75 Å². The molecule has 0 atom stereocenters. The van der Waals surface area contributed by atoms with Gasteiger partial charge in [0, 0.05) is 16.8 Å². The van der Waals surface area contributed by atoms with Crippen LogP contribution in [0.15, 0.2) is 42.5 Å². The predicted molar refractivity (Wildman–Crippen MR) is 91.9 cm³/mol. The number of hydrogen-bond donors (Lipinski definition) is 1.